The highest BCUT2D eigenvalue weighted by Crippen LogP contribution is 2.33. The molecule has 29 heavy (non-hydrogen) atoms. The largest absolute Gasteiger partial charge is 0.479 e. The Morgan fingerprint density at radius 3 is 2.76 bits per heavy atom. The van der Waals surface area contributed by atoms with Crippen molar-refractivity contribution in [3.8, 4) is 5.75 Å². The van der Waals surface area contributed by atoms with Crippen LogP contribution in [0.15, 0.2) is 42.6 Å². The summed E-state index contributed by atoms with van der Waals surface area (Å²) in [7, 11) is 0. The Morgan fingerprint density at radius 2 is 2.00 bits per heavy atom. The summed E-state index contributed by atoms with van der Waals surface area (Å²) in [5, 5.41) is 2.85. The van der Waals surface area contributed by atoms with Crippen molar-refractivity contribution < 1.29 is 19.1 Å². The lowest BCUT2D eigenvalue weighted by molar-refractivity contribution is -0.125. The highest BCUT2D eigenvalue weighted by atomic mass is 16.5. The second-order valence-corrected chi connectivity index (χ2v) is 7.02. The molecule has 0 spiro atoms. The SMILES string of the molecule is C[C@@H]1Oc2ccccc2N(CCC(=O)Nc2ccc(N3CCOCC3)nc2)C1=O. The van der Waals surface area contributed by atoms with Gasteiger partial charge in [0.05, 0.1) is 30.8 Å². The summed E-state index contributed by atoms with van der Waals surface area (Å²) in [6.07, 6.45) is 1.27. The van der Waals surface area contributed by atoms with E-state index in [1.807, 2.05) is 36.4 Å². The van der Waals surface area contributed by atoms with Crippen LogP contribution >= 0.6 is 0 Å². The molecule has 0 aliphatic carbocycles. The molecule has 1 aromatic heterocycles. The molecule has 8 heteroatoms. The van der Waals surface area contributed by atoms with Gasteiger partial charge in [-0.1, -0.05) is 12.1 Å². The molecule has 1 N–H and O–H groups in total. The Morgan fingerprint density at radius 1 is 1.21 bits per heavy atom. The fourth-order valence-corrected chi connectivity index (χ4v) is 3.47. The number of pyridine rings is 1. The third kappa shape index (κ3) is 4.32. The Labute approximate surface area is 169 Å². The second-order valence-electron chi connectivity index (χ2n) is 7.02. The molecule has 152 valence electrons. The highest BCUT2D eigenvalue weighted by molar-refractivity contribution is 6.00. The topological polar surface area (TPSA) is 84.0 Å². The van der Waals surface area contributed by atoms with Crippen molar-refractivity contribution >= 4 is 29.0 Å². The first-order chi connectivity index (χ1) is 14.1. The van der Waals surface area contributed by atoms with Crippen molar-refractivity contribution in [2.45, 2.75) is 19.4 Å². The van der Waals surface area contributed by atoms with Crippen LogP contribution in [-0.4, -0.2) is 55.8 Å². The lowest BCUT2D eigenvalue weighted by Gasteiger charge is -2.32. The van der Waals surface area contributed by atoms with E-state index in [0.717, 1.165) is 18.9 Å². The number of hydrogen-bond donors (Lipinski definition) is 1. The second kappa shape index (κ2) is 8.48. The lowest BCUT2D eigenvalue weighted by Crippen LogP contribution is -2.45. The smallest absolute Gasteiger partial charge is 0.267 e. The predicted molar refractivity (Wildman–Crippen MR) is 109 cm³/mol. The van der Waals surface area contributed by atoms with Crippen molar-refractivity contribution in [3.05, 3.63) is 42.6 Å². The molecule has 1 saturated heterocycles. The molecule has 2 amide bonds. The van der Waals surface area contributed by atoms with Gasteiger partial charge in [-0.3, -0.25) is 9.59 Å². The van der Waals surface area contributed by atoms with Gasteiger partial charge in [0.1, 0.15) is 11.6 Å². The van der Waals surface area contributed by atoms with E-state index in [1.165, 1.54) is 0 Å². The number of carbonyl (C=O) groups excluding carboxylic acids is 2. The highest BCUT2D eigenvalue weighted by Gasteiger charge is 2.31. The molecular formula is C21H24N4O4. The quantitative estimate of drug-likeness (QED) is 0.833. The number of nitrogens with one attached hydrogen (secondary N) is 1. The zero-order chi connectivity index (χ0) is 20.2. The first kappa shape index (κ1) is 19.2. The number of nitrogens with zero attached hydrogens (tertiary/aromatic N) is 3. The van der Waals surface area contributed by atoms with E-state index in [0.29, 0.717) is 30.3 Å². The van der Waals surface area contributed by atoms with E-state index in [-0.39, 0.29) is 24.8 Å². The number of benzene rings is 1. The fourth-order valence-electron chi connectivity index (χ4n) is 3.47. The molecule has 0 radical (unpaired) electrons. The Balaban J connectivity index is 1.35. The van der Waals surface area contributed by atoms with Crippen LogP contribution in [-0.2, 0) is 14.3 Å². The summed E-state index contributed by atoms with van der Waals surface area (Å²) < 4.78 is 11.0. The van der Waals surface area contributed by atoms with Crippen LogP contribution < -0.4 is 19.9 Å². The van der Waals surface area contributed by atoms with Crippen molar-refractivity contribution in [2.24, 2.45) is 0 Å². The van der Waals surface area contributed by atoms with Gasteiger partial charge in [0.2, 0.25) is 5.91 Å². The van der Waals surface area contributed by atoms with Gasteiger partial charge >= 0.3 is 0 Å². The summed E-state index contributed by atoms with van der Waals surface area (Å²) in [6, 6.07) is 11.1. The van der Waals surface area contributed by atoms with Crippen LogP contribution in [0.25, 0.3) is 0 Å². The number of para-hydroxylation sites is 2. The van der Waals surface area contributed by atoms with Gasteiger partial charge in [-0.25, -0.2) is 4.98 Å². The standard InChI is InChI=1S/C21H24N4O4/c1-15-21(27)25(17-4-2-3-5-18(17)29-15)9-8-20(26)23-16-6-7-19(22-14-16)24-10-12-28-13-11-24/h2-7,14-15H,8-13H2,1H3,(H,23,26)/t15-/m0/s1. The van der Waals surface area contributed by atoms with Crippen molar-refractivity contribution in [1.82, 2.24) is 4.98 Å². The average molecular weight is 396 g/mol. The van der Waals surface area contributed by atoms with Crippen LogP contribution in [0.4, 0.5) is 17.2 Å². The van der Waals surface area contributed by atoms with Crippen LogP contribution in [0, 0.1) is 0 Å². The summed E-state index contributed by atoms with van der Waals surface area (Å²) in [4.78, 5) is 33.1. The van der Waals surface area contributed by atoms with E-state index in [2.05, 4.69) is 15.2 Å². The Bertz CT molecular complexity index is 881. The van der Waals surface area contributed by atoms with Crippen LogP contribution in [0.2, 0.25) is 0 Å². The lowest BCUT2D eigenvalue weighted by atomic mass is 10.1. The molecule has 3 heterocycles. The van der Waals surface area contributed by atoms with Gasteiger partial charge in [-0.2, -0.15) is 0 Å². The number of anilines is 3. The van der Waals surface area contributed by atoms with Gasteiger partial charge < -0.3 is 24.6 Å². The average Bonchev–Trinajstić information content (AvgIpc) is 2.75. The van der Waals surface area contributed by atoms with E-state index in [1.54, 1.807) is 18.0 Å². The van der Waals surface area contributed by atoms with E-state index in [9.17, 15) is 9.59 Å². The molecule has 0 unspecified atom stereocenters. The summed E-state index contributed by atoms with van der Waals surface area (Å²) >= 11 is 0. The maximum atomic E-state index is 12.5. The predicted octanol–water partition coefficient (Wildman–Crippen LogP) is 2.06. The molecular weight excluding hydrogens is 372 g/mol. The normalized spacial score (nSPS) is 18.8. The maximum Gasteiger partial charge on any atom is 0.267 e. The van der Waals surface area contributed by atoms with Crippen LogP contribution in [0.5, 0.6) is 5.75 Å². The summed E-state index contributed by atoms with van der Waals surface area (Å²) in [5.74, 6) is 1.21. The van der Waals surface area contributed by atoms with E-state index >= 15 is 0 Å². The minimum atomic E-state index is -0.565. The Kier molecular flexibility index (Phi) is 5.62. The zero-order valence-corrected chi connectivity index (χ0v) is 16.3. The number of hydrogen-bond acceptors (Lipinski definition) is 6. The van der Waals surface area contributed by atoms with Gasteiger partial charge in [0.25, 0.3) is 5.91 Å². The molecule has 4 rings (SSSR count). The van der Waals surface area contributed by atoms with Crippen LogP contribution in [0.1, 0.15) is 13.3 Å². The van der Waals surface area contributed by atoms with Gasteiger partial charge in [-0.15, -0.1) is 0 Å². The first-order valence-electron chi connectivity index (χ1n) is 9.77. The monoisotopic (exact) mass is 396 g/mol. The number of carbonyl (C=O) groups is 2. The van der Waals surface area contributed by atoms with Gasteiger partial charge in [0.15, 0.2) is 6.10 Å². The number of ether oxygens (including phenoxy) is 2. The number of fused-ring (bicyclic) bond motifs is 1. The summed E-state index contributed by atoms with van der Waals surface area (Å²) in [5.41, 5.74) is 1.33. The zero-order valence-electron chi connectivity index (χ0n) is 16.3. The minimum Gasteiger partial charge on any atom is -0.479 e. The molecule has 1 atom stereocenters. The molecule has 1 fully saturated rings. The molecule has 0 bridgehead atoms. The third-order valence-electron chi connectivity index (χ3n) is 5.00. The first-order valence-corrected chi connectivity index (χ1v) is 9.77. The third-order valence-corrected chi connectivity index (χ3v) is 5.00. The van der Waals surface area contributed by atoms with E-state index in [4.69, 9.17) is 9.47 Å². The molecule has 2 aromatic rings. The number of amides is 2. The van der Waals surface area contributed by atoms with Gasteiger partial charge in [-0.05, 0) is 31.2 Å². The van der Waals surface area contributed by atoms with Crippen molar-refractivity contribution in [1.29, 1.82) is 0 Å². The van der Waals surface area contributed by atoms with Crippen molar-refractivity contribution in [3.63, 3.8) is 0 Å². The molecule has 2 aliphatic heterocycles. The Hall–Kier alpha value is -3.13. The molecule has 0 saturated carbocycles. The van der Waals surface area contributed by atoms with Crippen molar-refractivity contribution in [2.75, 3.05) is 48.0 Å². The van der Waals surface area contributed by atoms with Crippen LogP contribution in [0.3, 0.4) is 0 Å². The molecule has 1 aromatic carbocycles. The molecule has 2 aliphatic rings. The van der Waals surface area contributed by atoms with E-state index < -0.39 is 6.10 Å². The number of rotatable bonds is 5. The minimum absolute atomic E-state index is 0.145. The maximum absolute atomic E-state index is 12.5. The van der Waals surface area contributed by atoms with Gasteiger partial charge in [0, 0.05) is 26.1 Å². The number of aromatic nitrogens is 1. The number of morpholine rings is 1. The fraction of sp³-hybridized carbons (Fsp3) is 0.381. The molecule has 8 nitrogen and oxygen atoms in total. The summed E-state index contributed by atoms with van der Waals surface area (Å²) in [6.45, 7) is 5.02.